The number of amides is 1. The molecule has 3 rings (SSSR count). The van der Waals surface area contributed by atoms with Crippen molar-refractivity contribution in [1.29, 1.82) is 0 Å². The maximum absolute atomic E-state index is 13.1. The molecule has 0 spiro atoms. The van der Waals surface area contributed by atoms with E-state index in [1.165, 1.54) is 19.3 Å². The number of likely N-dealkylation sites (tertiary alicyclic amines) is 1. The number of anilines is 1. The van der Waals surface area contributed by atoms with Crippen molar-refractivity contribution in [2.45, 2.75) is 39.2 Å². The summed E-state index contributed by atoms with van der Waals surface area (Å²) >= 11 is 0. The summed E-state index contributed by atoms with van der Waals surface area (Å²) in [7, 11) is 0. The molecular weight excluding hydrogens is 296 g/mol. The topological polar surface area (TPSA) is 32.3 Å². The fraction of sp³-hybridized carbons (Fsp3) is 0.381. The lowest BCUT2D eigenvalue weighted by molar-refractivity contribution is -0.122. The molecule has 126 valence electrons. The quantitative estimate of drug-likeness (QED) is 0.901. The number of benzene rings is 2. The number of hydrogen-bond acceptors (Lipinski definition) is 2. The second-order valence-electron chi connectivity index (χ2n) is 6.72. The Hall–Kier alpha value is -2.13. The summed E-state index contributed by atoms with van der Waals surface area (Å²) in [5, 5.41) is 3.17. The van der Waals surface area contributed by atoms with E-state index >= 15 is 0 Å². The van der Waals surface area contributed by atoms with E-state index in [1.54, 1.807) is 0 Å². The molecule has 1 saturated heterocycles. The van der Waals surface area contributed by atoms with Crippen LogP contribution in [0.1, 0.15) is 42.0 Å². The molecule has 1 N–H and O–H groups in total. The first kappa shape index (κ1) is 16.7. The van der Waals surface area contributed by atoms with Crippen molar-refractivity contribution in [2.75, 3.05) is 18.4 Å². The van der Waals surface area contributed by atoms with Crippen LogP contribution in [-0.4, -0.2) is 23.9 Å². The third-order valence-electron chi connectivity index (χ3n) is 4.77. The van der Waals surface area contributed by atoms with Crippen molar-refractivity contribution in [2.24, 2.45) is 0 Å². The molecule has 0 aromatic heterocycles. The van der Waals surface area contributed by atoms with Gasteiger partial charge in [-0.25, -0.2) is 0 Å². The highest BCUT2D eigenvalue weighted by Gasteiger charge is 2.28. The zero-order valence-corrected chi connectivity index (χ0v) is 14.6. The van der Waals surface area contributed by atoms with Gasteiger partial charge in [-0.15, -0.1) is 0 Å². The minimum atomic E-state index is -0.216. The summed E-state index contributed by atoms with van der Waals surface area (Å²) in [6.45, 7) is 6.06. The molecule has 0 saturated carbocycles. The van der Waals surface area contributed by atoms with Crippen molar-refractivity contribution < 1.29 is 4.79 Å². The van der Waals surface area contributed by atoms with Crippen molar-refractivity contribution in [3.05, 3.63) is 65.2 Å². The van der Waals surface area contributed by atoms with Crippen molar-refractivity contribution >= 4 is 11.6 Å². The number of aryl methyl sites for hydroxylation is 2. The average molecular weight is 322 g/mol. The van der Waals surface area contributed by atoms with Crippen LogP contribution in [0.4, 0.5) is 5.69 Å². The first-order valence-electron chi connectivity index (χ1n) is 8.82. The molecule has 0 radical (unpaired) electrons. The van der Waals surface area contributed by atoms with Gasteiger partial charge in [0.1, 0.15) is 6.04 Å². The molecular formula is C21H26N2O. The third-order valence-corrected chi connectivity index (χ3v) is 4.77. The monoisotopic (exact) mass is 322 g/mol. The van der Waals surface area contributed by atoms with Gasteiger partial charge in [-0.2, -0.15) is 0 Å². The molecule has 24 heavy (non-hydrogen) atoms. The molecule has 0 unspecified atom stereocenters. The van der Waals surface area contributed by atoms with Crippen LogP contribution in [0.25, 0.3) is 0 Å². The summed E-state index contributed by atoms with van der Waals surface area (Å²) in [4.78, 5) is 15.4. The lowest BCUT2D eigenvalue weighted by Gasteiger charge is -2.34. The van der Waals surface area contributed by atoms with E-state index in [1.807, 2.05) is 31.2 Å². The molecule has 1 heterocycles. The minimum absolute atomic E-state index is 0.0665. The summed E-state index contributed by atoms with van der Waals surface area (Å²) in [5.41, 5.74) is 4.24. The van der Waals surface area contributed by atoms with E-state index in [-0.39, 0.29) is 11.9 Å². The average Bonchev–Trinajstić information content (AvgIpc) is 2.60. The molecule has 0 bridgehead atoms. The van der Waals surface area contributed by atoms with E-state index in [2.05, 4.69) is 41.4 Å². The first-order valence-corrected chi connectivity index (χ1v) is 8.82. The fourth-order valence-electron chi connectivity index (χ4n) is 3.41. The molecule has 1 fully saturated rings. The van der Waals surface area contributed by atoms with Gasteiger partial charge in [0.2, 0.25) is 5.91 Å². The highest BCUT2D eigenvalue weighted by molar-refractivity contribution is 5.96. The maximum Gasteiger partial charge on any atom is 0.246 e. The van der Waals surface area contributed by atoms with Gasteiger partial charge in [0.25, 0.3) is 0 Å². The van der Waals surface area contributed by atoms with Crippen LogP contribution in [0.2, 0.25) is 0 Å². The zero-order chi connectivity index (χ0) is 16.9. The van der Waals surface area contributed by atoms with Crippen molar-refractivity contribution in [3.63, 3.8) is 0 Å². The van der Waals surface area contributed by atoms with Crippen LogP contribution in [-0.2, 0) is 4.79 Å². The lowest BCUT2D eigenvalue weighted by Crippen LogP contribution is -2.40. The van der Waals surface area contributed by atoms with Crippen LogP contribution in [0.3, 0.4) is 0 Å². The Morgan fingerprint density at radius 1 is 1.00 bits per heavy atom. The van der Waals surface area contributed by atoms with Crippen LogP contribution in [0.15, 0.2) is 48.5 Å². The lowest BCUT2D eigenvalue weighted by atomic mass is 10.0. The molecule has 2 aromatic rings. The highest BCUT2D eigenvalue weighted by atomic mass is 16.2. The maximum atomic E-state index is 13.1. The Bertz CT molecular complexity index is 690. The molecule has 3 heteroatoms. The number of piperidine rings is 1. The number of rotatable bonds is 4. The number of nitrogens with one attached hydrogen (secondary N) is 1. The summed E-state index contributed by atoms with van der Waals surface area (Å²) < 4.78 is 0. The number of carbonyl (C=O) groups is 1. The van der Waals surface area contributed by atoms with Gasteiger partial charge in [0.05, 0.1) is 0 Å². The third kappa shape index (κ3) is 3.85. The van der Waals surface area contributed by atoms with E-state index in [0.717, 1.165) is 35.5 Å². The van der Waals surface area contributed by atoms with Gasteiger partial charge in [-0.1, -0.05) is 48.9 Å². The van der Waals surface area contributed by atoms with Gasteiger partial charge < -0.3 is 5.32 Å². The van der Waals surface area contributed by atoms with E-state index in [4.69, 9.17) is 0 Å². The number of carbonyl (C=O) groups excluding carboxylic acids is 1. The second-order valence-corrected chi connectivity index (χ2v) is 6.72. The zero-order valence-electron chi connectivity index (χ0n) is 14.6. The van der Waals surface area contributed by atoms with Gasteiger partial charge in [-0.3, -0.25) is 9.69 Å². The Morgan fingerprint density at radius 3 is 2.42 bits per heavy atom. The van der Waals surface area contributed by atoms with E-state index in [0.29, 0.717) is 0 Å². The van der Waals surface area contributed by atoms with Crippen LogP contribution in [0.5, 0.6) is 0 Å². The highest BCUT2D eigenvalue weighted by Crippen LogP contribution is 2.27. The molecule has 1 aliphatic rings. The van der Waals surface area contributed by atoms with Crippen molar-refractivity contribution in [3.8, 4) is 0 Å². The standard InChI is InChI=1S/C21H26N2O/c1-16-11-12-17(2)19(15-16)22-21(24)20(18-9-5-3-6-10-18)23-13-7-4-8-14-23/h3,5-6,9-12,15,20H,4,7-8,13-14H2,1-2H3,(H,22,24)/t20-/m0/s1. The summed E-state index contributed by atoms with van der Waals surface area (Å²) in [5.74, 6) is 0.0665. The fourth-order valence-corrected chi connectivity index (χ4v) is 3.41. The van der Waals surface area contributed by atoms with Crippen molar-refractivity contribution in [1.82, 2.24) is 4.90 Å². The van der Waals surface area contributed by atoms with E-state index in [9.17, 15) is 4.79 Å². The predicted molar refractivity (Wildman–Crippen MR) is 99.2 cm³/mol. The Balaban J connectivity index is 1.87. The Kier molecular flexibility index (Phi) is 5.31. The van der Waals surface area contributed by atoms with Gasteiger partial charge in [0, 0.05) is 5.69 Å². The van der Waals surface area contributed by atoms with E-state index < -0.39 is 0 Å². The van der Waals surface area contributed by atoms with Gasteiger partial charge in [0.15, 0.2) is 0 Å². The van der Waals surface area contributed by atoms with Crippen LogP contribution >= 0.6 is 0 Å². The van der Waals surface area contributed by atoms with Gasteiger partial charge in [-0.05, 0) is 62.5 Å². The SMILES string of the molecule is Cc1ccc(C)c(NC(=O)[C@H](c2ccccc2)N2CCCCC2)c1. The normalized spacial score (nSPS) is 16.6. The first-order chi connectivity index (χ1) is 11.6. The molecule has 3 nitrogen and oxygen atoms in total. The molecule has 2 aromatic carbocycles. The van der Waals surface area contributed by atoms with Gasteiger partial charge >= 0.3 is 0 Å². The molecule has 1 atom stereocenters. The summed E-state index contributed by atoms with van der Waals surface area (Å²) in [6, 6.07) is 16.1. The summed E-state index contributed by atoms with van der Waals surface area (Å²) in [6.07, 6.45) is 3.59. The number of hydrogen-bond donors (Lipinski definition) is 1. The largest absolute Gasteiger partial charge is 0.324 e. The Morgan fingerprint density at radius 2 is 1.71 bits per heavy atom. The second kappa shape index (κ2) is 7.63. The smallest absolute Gasteiger partial charge is 0.246 e. The van der Waals surface area contributed by atoms with Crippen LogP contribution < -0.4 is 5.32 Å². The molecule has 1 aliphatic heterocycles. The predicted octanol–water partition coefficient (Wildman–Crippen LogP) is 4.47. The van der Waals surface area contributed by atoms with Crippen LogP contribution in [0, 0.1) is 13.8 Å². The molecule has 1 amide bonds. The Labute approximate surface area is 144 Å². The minimum Gasteiger partial charge on any atom is -0.324 e. The number of nitrogens with zero attached hydrogens (tertiary/aromatic N) is 1. The molecule has 0 aliphatic carbocycles.